The van der Waals surface area contributed by atoms with Crippen LogP contribution in [0.1, 0.15) is 23.5 Å². The zero-order valence-electron chi connectivity index (χ0n) is 11.6. The largest absolute Gasteiger partial charge is 0.399 e. The lowest BCUT2D eigenvalue weighted by atomic mass is 9.82. The summed E-state index contributed by atoms with van der Waals surface area (Å²) >= 11 is 0. The minimum Gasteiger partial charge on any atom is -0.399 e. The van der Waals surface area contributed by atoms with E-state index in [1.807, 2.05) is 0 Å². The smallest absolute Gasteiger partial charge is 0.0443 e. The normalized spacial score (nSPS) is 22.3. The van der Waals surface area contributed by atoms with Crippen molar-refractivity contribution in [1.82, 2.24) is 4.90 Å². The van der Waals surface area contributed by atoms with Crippen LogP contribution in [0.15, 0.2) is 59.5 Å². The molecular weight excluding hydrogens is 232 g/mol. The molecule has 3 rings (SSSR count). The molecule has 2 N–H and O–H groups in total. The molecule has 1 atom stereocenters. The van der Waals surface area contributed by atoms with Gasteiger partial charge in [-0.1, -0.05) is 35.9 Å². The highest BCUT2D eigenvalue weighted by Crippen LogP contribution is 2.36. The van der Waals surface area contributed by atoms with Crippen LogP contribution in [0, 0.1) is 6.92 Å². The van der Waals surface area contributed by atoms with E-state index in [0.29, 0.717) is 5.92 Å². The molecule has 0 aromatic heterocycles. The van der Waals surface area contributed by atoms with Crippen molar-refractivity contribution in [2.45, 2.75) is 19.3 Å². The van der Waals surface area contributed by atoms with E-state index in [-0.39, 0.29) is 0 Å². The van der Waals surface area contributed by atoms with Crippen molar-refractivity contribution in [1.29, 1.82) is 0 Å². The van der Waals surface area contributed by atoms with Crippen LogP contribution in [-0.4, -0.2) is 18.5 Å². The molecule has 0 bridgehead atoms. The monoisotopic (exact) mass is 252 g/mol. The second-order valence-corrected chi connectivity index (χ2v) is 5.58. The summed E-state index contributed by atoms with van der Waals surface area (Å²) in [6, 6.07) is 8.73. The highest BCUT2D eigenvalue weighted by molar-refractivity contribution is 5.48. The van der Waals surface area contributed by atoms with Gasteiger partial charge in [0.2, 0.25) is 0 Å². The molecule has 19 heavy (non-hydrogen) atoms. The van der Waals surface area contributed by atoms with Crippen molar-refractivity contribution in [2.24, 2.45) is 5.73 Å². The highest BCUT2D eigenvalue weighted by atomic mass is 15.1. The number of benzene rings is 1. The van der Waals surface area contributed by atoms with E-state index in [4.69, 9.17) is 5.73 Å². The SMILES string of the molecule is Cc1cccc(C2C=C(N)C3=C(C=CN(C)C3)C2)c1. The van der Waals surface area contributed by atoms with Crippen molar-refractivity contribution in [3.63, 3.8) is 0 Å². The van der Waals surface area contributed by atoms with Gasteiger partial charge in [-0.05, 0) is 42.3 Å². The Morgan fingerprint density at radius 1 is 1.32 bits per heavy atom. The van der Waals surface area contributed by atoms with Crippen LogP contribution < -0.4 is 5.73 Å². The first-order valence-electron chi connectivity index (χ1n) is 6.78. The first kappa shape index (κ1) is 12.1. The summed E-state index contributed by atoms with van der Waals surface area (Å²) in [5, 5.41) is 0. The first-order valence-corrected chi connectivity index (χ1v) is 6.78. The Kier molecular flexibility index (Phi) is 2.94. The van der Waals surface area contributed by atoms with Gasteiger partial charge in [-0.2, -0.15) is 0 Å². The van der Waals surface area contributed by atoms with Crippen LogP contribution in [-0.2, 0) is 0 Å². The molecule has 1 aromatic rings. The lowest BCUT2D eigenvalue weighted by Gasteiger charge is -2.30. The molecule has 0 spiro atoms. The Morgan fingerprint density at radius 2 is 2.16 bits per heavy atom. The average Bonchev–Trinajstić information content (AvgIpc) is 2.39. The van der Waals surface area contributed by atoms with E-state index in [1.165, 1.54) is 22.3 Å². The first-order chi connectivity index (χ1) is 9.13. The van der Waals surface area contributed by atoms with Gasteiger partial charge >= 0.3 is 0 Å². The minimum absolute atomic E-state index is 0.409. The Bertz CT molecular complexity index is 593. The summed E-state index contributed by atoms with van der Waals surface area (Å²) in [7, 11) is 2.08. The number of nitrogens with zero attached hydrogens (tertiary/aromatic N) is 1. The minimum atomic E-state index is 0.409. The molecule has 0 saturated carbocycles. The zero-order valence-corrected chi connectivity index (χ0v) is 11.6. The lowest BCUT2D eigenvalue weighted by molar-refractivity contribution is 0.484. The molecule has 1 aliphatic heterocycles. The Morgan fingerprint density at radius 3 is 2.95 bits per heavy atom. The Hall–Kier alpha value is -1.96. The summed E-state index contributed by atoms with van der Waals surface area (Å²) in [6.45, 7) is 3.06. The van der Waals surface area contributed by atoms with Gasteiger partial charge in [0.25, 0.3) is 0 Å². The Labute approximate surface area is 114 Å². The molecule has 0 radical (unpaired) electrons. The third kappa shape index (κ3) is 2.30. The molecule has 2 nitrogen and oxygen atoms in total. The maximum absolute atomic E-state index is 6.26. The quantitative estimate of drug-likeness (QED) is 0.832. The fourth-order valence-electron chi connectivity index (χ4n) is 2.92. The van der Waals surface area contributed by atoms with E-state index >= 15 is 0 Å². The van der Waals surface area contributed by atoms with Gasteiger partial charge in [0.05, 0.1) is 0 Å². The third-order valence-corrected chi connectivity index (χ3v) is 3.96. The van der Waals surface area contributed by atoms with Crippen LogP contribution in [0.2, 0.25) is 0 Å². The van der Waals surface area contributed by atoms with Gasteiger partial charge in [0, 0.05) is 25.2 Å². The van der Waals surface area contributed by atoms with Gasteiger partial charge in [-0.25, -0.2) is 0 Å². The fourth-order valence-corrected chi connectivity index (χ4v) is 2.92. The number of nitrogens with two attached hydrogens (primary N) is 1. The molecule has 1 aromatic carbocycles. The van der Waals surface area contributed by atoms with E-state index in [2.05, 4.69) is 61.5 Å². The number of aryl methyl sites for hydroxylation is 1. The fraction of sp³-hybridized carbons (Fsp3) is 0.294. The van der Waals surface area contributed by atoms with Crippen LogP contribution in [0.25, 0.3) is 0 Å². The number of allylic oxidation sites excluding steroid dienone is 3. The predicted octanol–water partition coefficient (Wildman–Crippen LogP) is 3.08. The second kappa shape index (κ2) is 4.61. The molecule has 2 heteroatoms. The summed E-state index contributed by atoms with van der Waals surface area (Å²) in [4.78, 5) is 2.17. The highest BCUT2D eigenvalue weighted by Gasteiger charge is 2.23. The molecule has 1 aliphatic carbocycles. The standard InChI is InChI=1S/C17H20N2/c1-12-4-3-5-13(8-12)15-9-14-6-7-19(2)11-16(14)17(18)10-15/h3-8,10,15H,9,11,18H2,1-2H3. The summed E-state index contributed by atoms with van der Waals surface area (Å²) in [5.41, 5.74) is 12.6. The molecule has 0 saturated heterocycles. The molecular formula is C17H20N2. The van der Waals surface area contributed by atoms with Gasteiger partial charge in [-0.15, -0.1) is 0 Å². The summed E-state index contributed by atoms with van der Waals surface area (Å²) in [6.07, 6.45) is 7.64. The van der Waals surface area contributed by atoms with Gasteiger partial charge in [0.1, 0.15) is 0 Å². The van der Waals surface area contributed by atoms with Crippen LogP contribution >= 0.6 is 0 Å². The number of hydrogen-bond acceptors (Lipinski definition) is 2. The van der Waals surface area contributed by atoms with Crippen molar-refractivity contribution >= 4 is 0 Å². The van der Waals surface area contributed by atoms with E-state index in [0.717, 1.165) is 18.7 Å². The topological polar surface area (TPSA) is 29.3 Å². The maximum Gasteiger partial charge on any atom is 0.0443 e. The predicted molar refractivity (Wildman–Crippen MR) is 79.6 cm³/mol. The third-order valence-electron chi connectivity index (χ3n) is 3.96. The average molecular weight is 252 g/mol. The molecule has 98 valence electrons. The molecule has 1 heterocycles. The summed E-state index contributed by atoms with van der Waals surface area (Å²) in [5.74, 6) is 0.409. The van der Waals surface area contributed by atoms with E-state index in [1.54, 1.807) is 0 Å². The van der Waals surface area contributed by atoms with Crippen molar-refractivity contribution in [3.8, 4) is 0 Å². The molecule has 0 fully saturated rings. The number of hydrogen-bond donors (Lipinski definition) is 1. The van der Waals surface area contributed by atoms with Crippen molar-refractivity contribution < 1.29 is 0 Å². The van der Waals surface area contributed by atoms with Gasteiger partial charge in [-0.3, -0.25) is 0 Å². The molecule has 0 amide bonds. The second-order valence-electron chi connectivity index (χ2n) is 5.58. The van der Waals surface area contributed by atoms with Crippen molar-refractivity contribution in [2.75, 3.05) is 13.6 Å². The molecule has 1 unspecified atom stereocenters. The van der Waals surface area contributed by atoms with E-state index in [9.17, 15) is 0 Å². The van der Waals surface area contributed by atoms with Crippen LogP contribution in [0.5, 0.6) is 0 Å². The van der Waals surface area contributed by atoms with Gasteiger partial charge in [0.15, 0.2) is 0 Å². The van der Waals surface area contributed by atoms with Crippen LogP contribution in [0.3, 0.4) is 0 Å². The van der Waals surface area contributed by atoms with E-state index < -0.39 is 0 Å². The zero-order chi connectivity index (χ0) is 13.4. The van der Waals surface area contributed by atoms with Crippen LogP contribution in [0.4, 0.5) is 0 Å². The maximum atomic E-state index is 6.26. The summed E-state index contributed by atoms with van der Waals surface area (Å²) < 4.78 is 0. The number of rotatable bonds is 1. The van der Waals surface area contributed by atoms with Gasteiger partial charge < -0.3 is 10.6 Å². The number of likely N-dealkylation sites (N-methyl/N-ethyl adjacent to an activating group) is 1. The Balaban J connectivity index is 1.92. The molecule has 2 aliphatic rings. The van der Waals surface area contributed by atoms with Crippen molar-refractivity contribution in [3.05, 3.63) is 70.6 Å². The lowest BCUT2D eigenvalue weighted by Crippen LogP contribution is -2.25.